The van der Waals surface area contributed by atoms with E-state index in [0.717, 1.165) is 5.56 Å². The summed E-state index contributed by atoms with van der Waals surface area (Å²) in [6.07, 6.45) is -3.03. The van der Waals surface area contributed by atoms with E-state index >= 15 is 0 Å². The van der Waals surface area contributed by atoms with Crippen LogP contribution in [0.2, 0.25) is 18.1 Å². The molecule has 0 unspecified atom stereocenters. The van der Waals surface area contributed by atoms with E-state index in [1.54, 1.807) is 0 Å². The molecule has 0 aliphatic carbocycles. The molecule has 120 valence electrons. The maximum absolute atomic E-state index is 10.3. The molecule has 0 aliphatic rings. The van der Waals surface area contributed by atoms with Gasteiger partial charge < -0.3 is 19.7 Å². The minimum absolute atomic E-state index is 0.0100. The first kappa shape index (κ1) is 18.3. The molecule has 0 bridgehead atoms. The number of benzene rings is 1. The van der Waals surface area contributed by atoms with E-state index in [1.807, 2.05) is 30.3 Å². The number of hydrogen-bond acceptors (Lipinski definition) is 4. The van der Waals surface area contributed by atoms with Gasteiger partial charge in [-0.05, 0) is 23.7 Å². The molecule has 0 amide bonds. The van der Waals surface area contributed by atoms with Gasteiger partial charge in [-0.1, -0.05) is 51.1 Å². The average Bonchev–Trinajstić information content (AvgIpc) is 2.43. The minimum atomic E-state index is -2.12. The summed E-state index contributed by atoms with van der Waals surface area (Å²) < 4.78 is 6.29. The molecule has 0 saturated carbocycles. The van der Waals surface area contributed by atoms with Gasteiger partial charge in [0, 0.05) is 0 Å². The van der Waals surface area contributed by atoms with Crippen LogP contribution in [0.5, 0.6) is 0 Å². The maximum atomic E-state index is 10.3. The van der Waals surface area contributed by atoms with Crippen LogP contribution in [0.4, 0.5) is 0 Å². The van der Waals surface area contributed by atoms with Crippen LogP contribution >= 0.6 is 0 Å². The fourth-order valence-electron chi connectivity index (χ4n) is 1.78. The second kappa shape index (κ2) is 7.02. The van der Waals surface area contributed by atoms with Gasteiger partial charge in [0.25, 0.3) is 0 Å². The Morgan fingerprint density at radius 2 is 1.62 bits per heavy atom. The first-order valence-electron chi connectivity index (χ1n) is 7.30. The van der Waals surface area contributed by atoms with Crippen molar-refractivity contribution in [1.29, 1.82) is 0 Å². The second-order valence-electron chi connectivity index (χ2n) is 6.95. The summed E-state index contributed by atoms with van der Waals surface area (Å²) in [4.78, 5) is 0. The molecule has 0 radical (unpaired) electrons. The van der Waals surface area contributed by atoms with E-state index in [2.05, 4.69) is 33.9 Å². The largest absolute Gasteiger partial charge is 0.407 e. The van der Waals surface area contributed by atoms with Gasteiger partial charge in [-0.25, -0.2) is 0 Å². The van der Waals surface area contributed by atoms with Crippen LogP contribution in [-0.4, -0.2) is 42.5 Å². The lowest BCUT2D eigenvalue weighted by atomic mass is 10.0. The van der Waals surface area contributed by atoms with Crippen molar-refractivity contribution < 1.29 is 19.7 Å². The van der Waals surface area contributed by atoms with Crippen LogP contribution < -0.4 is 0 Å². The smallest absolute Gasteiger partial charge is 0.193 e. The molecular formula is C16H28O4Si. The molecule has 0 saturated heterocycles. The summed E-state index contributed by atoms with van der Waals surface area (Å²) in [7, 11) is -2.12. The Morgan fingerprint density at radius 3 is 2.05 bits per heavy atom. The Bertz CT molecular complexity index is 428. The lowest BCUT2D eigenvalue weighted by Crippen LogP contribution is -2.46. The van der Waals surface area contributed by atoms with Crippen molar-refractivity contribution in [3.63, 3.8) is 0 Å². The van der Waals surface area contributed by atoms with E-state index in [4.69, 9.17) is 9.53 Å². The van der Waals surface area contributed by atoms with Crippen LogP contribution in [0.25, 0.3) is 0 Å². The van der Waals surface area contributed by atoms with Crippen molar-refractivity contribution >= 4 is 8.32 Å². The Morgan fingerprint density at radius 1 is 1.10 bits per heavy atom. The maximum Gasteiger partial charge on any atom is 0.193 e. The highest BCUT2D eigenvalue weighted by atomic mass is 28.4. The number of aliphatic hydroxyl groups excluding tert-OH is 3. The van der Waals surface area contributed by atoms with Crippen LogP contribution in [0.1, 0.15) is 32.4 Å². The average molecular weight is 312 g/mol. The van der Waals surface area contributed by atoms with Crippen LogP contribution in [0.3, 0.4) is 0 Å². The van der Waals surface area contributed by atoms with E-state index in [0.29, 0.717) is 0 Å². The van der Waals surface area contributed by atoms with Gasteiger partial charge in [0.15, 0.2) is 8.32 Å². The van der Waals surface area contributed by atoms with E-state index in [-0.39, 0.29) is 5.04 Å². The van der Waals surface area contributed by atoms with Gasteiger partial charge in [-0.15, -0.1) is 0 Å². The third-order valence-electron chi connectivity index (χ3n) is 4.25. The Labute approximate surface area is 128 Å². The van der Waals surface area contributed by atoms with Crippen molar-refractivity contribution in [2.75, 3.05) is 6.61 Å². The van der Waals surface area contributed by atoms with Crippen molar-refractivity contribution in [1.82, 2.24) is 0 Å². The molecule has 1 rings (SSSR count). The van der Waals surface area contributed by atoms with Gasteiger partial charge in [0.1, 0.15) is 12.2 Å². The molecule has 0 aromatic heterocycles. The zero-order valence-corrected chi connectivity index (χ0v) is 14.6. The fraction of sp³-hybridized carbons (Fsp3) is 0.625. The lowest BCUT2D eigenvalue weighted by molar-refractivity contribution is -0.0729. The summed E-state index contributed by atoms with van der Waals surface area (Å²) >= 11 is 0. The molecule has 4 nitrogen and oxygen atoms in total. The van der Waals surface area contributed by atoms with Gasteiger partial charge in [0.2, 0.25) is 0 Å². The topological polar surface area (TPSA) is 69.9 Å². The van der Waals surface area contributed by atoms with E-state index in [9.17, 15) is 10.2 Å². The van der Waals surface area contributed by atoms with Crippen LogP contribution in [-0.2, 0) is 4.43 Å². The summed E-state index contributed by atoms with van der Waals surface area (Å²) in [5.41, 5.74) is 0.808. The Kier molecular flexibility index (Phi) is 6.13. The van der Waals surface area contributed by atoms with Crippen molar-refractivity contribution in [3.05, 3.63) is 35.9 Å². The predicted molar refractivity (Wildman–Crippen MR) is 86.6 cm³/mol. The van der Waals surface area contributed by atoms with E-state index in [1.165, 1.54) is 0 Å². The van der Waals surface area contributed by atoms with Crippen molar-refractivity contribution in [3.8, 4) is 0 Å². The molecule has 3 atom stereocenters. The molecular weight excluding hydrogens is 284 g/mol. The third-order valence-corrected chi connectivity index (χ3v) is 8.70. The standard InChI is InChI=1S/C16H28O4Si/c1-16(2,3)21(4,5)20-15(14(19)13(18)11-17)12-9-7-6-8-10-12/h6-10,13-15,17-19H,11H2,1-5H3/t13-,14-,15+/m1/s1. The number of aliphatic hydroxyl groups is 3. The summed E-state index contributed by atoms with van der Waals surface area (Å²) in [6.45, 7) is 10.1. The van der Waals surface area contributed by atoms with Crippen molar-refractivity contribution in [2.45, 2.75) is 57.2 Å². The highest BCUT2D eigenvalue weighted by Gasteiger charge is 2.42. The zero-order valence-electron chi connectivity index (χ0n) is 13.6. The molecule has 1 aromatic rings. The highest BCUT2D eigenvalue weighted by Crippen LogP contribution is 2.40. The summed E-state index contributed by atoms with van der Waals surface area (Å²) in [5.74, 6) is 0. The monoisotopic (exact) mass is 312 g/mol. The molecule has 0 aliphatic heterocycles. The molecule has 0 fully saturated rings. The minimum Gasteiger partial charge on any atom is -0.407 e. The molecule has 5 heteroatoms. The molecule has 1 aromatic carbocycles. The highest BCUT2D eigenvalue weighted by molar-refractivity contribution is 6.74. The lowest BCUT2D eigenvalue weighted by Gasteiger charge is -2.41. The van der Waals surface area contributed by atoms with E-state index < -0.39 is 33.2 Å². The summed E-state index contributed by atoms with van der Waals surface area (Å²) in [6, 6.07) is 9.36. The van der Waals surface area contributed by atoms with Crippen LogP contribution in [0, 0.1) is 0 Å². The van der Waals surface area contributed by atoms with Crippen molar-refractivity contribution in [2.24, 2.45) is 0 Å². The van der Waals surface area contributed by atoms with Gasteiger partial charge in [0.05, 0.1) is 12.7 Å². The van der Waals surface area contributed by atoms with Gasteiger partial charge in [-0.2, -0.15) is 0 Å². The zero-order chi connectivity index (χ0) is 16.3. The fourth-order valence-corrected chi connectivity index (χ4v) is 3.05. The quantitative estimate of drug-likeness (QED) is 0.706. The SMILES string of the molecule is CC(C)(C)[Si](C)(C)O[C@@H](c1ccccc1)[C@H](O)[C@H](O)CO. The number of rotatable bonds is 6. The normalized spacial score (nSPS) is 17.3. The van der Waals surface area contributed by atoms with Gasteiger partial charge in [-0.3, -0.25) is 0 Å². The molecule has 3 N–H and O–H groups in total. The van der Waals surface area contributed by atoms with Crippen LogP contribution in [0.15, 0.2) is 30.3 Å². The molecule has 21 heavy (non-hydrogen) atoms. The Hall–Kier alpha value is -0.723. The first-order valence-corrected chi connectivity index (χ1v) is 10.2. The molecule has 0 spiro atoms. The third kappa shape index (κ3) is 4.62. The predicted octanol–water partition coefficient (Wildman–Crippen LogP) is 2.46. The summed E-state index contributed by atoms with van der Waals surface area (Å²) in [5, 5.41) is 29.2. The Balaban J connectivity index is 3.09. The van der Waals surface area contributed by atoms with Gasteiger partial charge >= 0.3 is 0 Å². The second-order valence-corrected chi connectivity index (χ2v) is 11.7. The molecule has 0 heterocycles. The number of hydrogen-bond donors (Lipinski definition) is 3. The first-order chi connectivity index (χ1) is 9.60.